The fraction of sp³-hybridized carbons (Fsp3) is 0.273. The van der Waals surface area contributed by atoms with Crippen molar-refractivity contribution in [2.75, 3.05) is 10.6 Å². The molecule has 28 heavy (non-hydrogen) atoms. The lowest BCUT2D eigenvalue weighted by molar-refractivity contribution is 0.748. The van der Waals surface area contributed by atoms with Gasteiger partial charge in [0.15, 0.2) is 10.8 Å². The van der Waals surface area contributed by atoms with E-state index in [2.05, 4.69) is 76.9 Å². The van der Waals surface area contributed by atoms with Crippen LogP contribution >= 0.6 is 11.8 Å². The Balaban J connectivity index is 1.44. The Hall–Kier alpha value is -2.57. The molecule has 1 aromatic heterocycles. The number of nitrogens with zero attached hydrogens (tertiary/aromatic N) is 2. The van der Waals surface area contributed by atoms with E-state index in [0.717, 1.165) is 34.9 Å². The Labute approximate surface area is 169 Å². The molecule has 5 rings (SSSR count). The number of thioether (sulfide) groups is 1. The van der Waals surface area contributed by atoms with Crippen molar-refractivity contribution >= 4 is 23.3 Å². The molecule has 0 saturated carbocycles. The Morgan fingerprint density at radius 2 is 1.71 bits per heavy atom. The topological polar surface area (TPSA) is 75.9 Å². The third-order valence-corrected chi connectivity index (χ3v) is 6.76. The van der Waals surface area contributed by atoms with Crippen molar-refractivity contribution in [3.8, 4) is 0 Å². The number of aromatic nitrogens is 2. The monoisotopic (exact) mass is 389 g/mol. The van der Waals surface area contributed by atoms with E-state index in [1.165, 1.54) is 22.3 Å². The largest absolute Gasteiger partial charge is 0.365 e. The zero-order chi connectivity index (χ0) is 19.3. The second-order valence-corrected chi connectivity index (χ2v) is 8.88. The number of fused-ring (bicyclic) bond motifs is 2. The van der Waals surface area contributed by atoms with Crippen LogP contribution in [0.2, 0.25) is 0 Å². The molecule has 0 amide bonds. The predicted molar refractivity (Wildman–Crippen MR) is 115 cm³/mol. The average Bonchev–Trinajstić information content (AvgIpc) is 3.22. The van der Waals surface area contributed by atoms with E-state index < -0.39 is 4.99 Å². The van der Waals surface area contributed by atoms with Crippen LogP contribution < -0.4 is 16.4 Å². The van der Waals surface area contributed by atoms with E-state index >= 15 is 0 Å². The number of nitrogens with two attached hydrogens (primary N) is 1. The first-order chi connectivity index (χ1) is 13.5. The van der Waals surface area contributed by atoms with Crippen molar-refractivity contribution in [1.29, 1.82) is 0 Å². The van der Waals surface area contributed by atoms with E-state index in [1.807, 2.05) is 0 Å². The molecule has 0 bridgehead atoms. The van der Waals surface area contributed by atoms with E-state index in [0.29, 0.717) is 6.04 Å². The molecule has 1 atom stereocenters. The molecule has 6 heteroatoms. The maximum Gasteiger partial charge on any atom is 0.167 e. The van der Waals surface area contributed by atoms with Crippen LogP contribution in [0.3, 0.4) is 0 Å². The highest BCUT2D eigenvalue weighted by molar-refractivity contribution is 8.00. The first-order valence-electron chi connectivity index (χ1n) is 9.54. The molecule has 2 aromatic carbocycles. The van der Waals surface area contributed by atoms with Crippen LogP contribution in [0.5, 0.6) is 0 Å². The number of rotatable bonds is 3. The van der Waals surface area contributed by atoms with Gasteiger partial charge in [0.05, 0.1) is 0 Å². The van der Waals surface area contributed by atoms with Gasteiger partial charge in [-0.1, -0.05) is 54.2 Å². The molecule has 0 fully saturated rings. The minimum absolute atomic E-state index is 0.330. The average molecular weight is 390 g/mol. The lowest BCUT2D eigenvalue weighted by atomic mass is 10.00. The number of nitrogens with one attached hydrogen (secondary N) is 2. The number of benzene rings is 2. The zero-order valence-electron chi connectivity index (χ0n) is 16.0. The maximum absolute atomic E-state index is 6.83. The van der Waals surface area contributed by atoms with Crippen LogP contribution in [0.25, 0.3) is 0 Å². The van der Waals surface area contributed by atoms with Gasteiger partial charge in [0, 0.05) is 11.6 Å². The summed E-state index contributed by atoms with van der Waals surface area (Å²) >= 11 is 1.55. The Morgan fingerprint density at radius 1 is 1.04 bits per heavy atom. The highest BCUT2D eigenvalue weighted by Crippen LogP contribution is 2.50. The molecule has 0 spiro atoms. The molecular formula is C22H23N5S. The maximum atomic E-state index is 6.83. The van der Waals surface area contributed by atoms with Gasteiger partial charge in [-0.15, -0.1) is 0 Å². The van der Waals surface area contributed by atoms with Crippen molar-refractivity contribution in [1.82, 2.24) is 9.97 Å². The number of aryl methyl sites for hydroxylation is 2. The molecule has 1 unspecified atom stereocenters. The van der Waals surface area contributed by atoms with Gasteiger partial charge >= 0.3 is 0 Å². The Kier molecular flexibility index (Phi) is 4.07. The molecule has 1 aliphatic carbocycles. The summed E-state index contributed by atoms with van der Waals surface area (Å²) in [6.45, 7) is 4.20. The third kappa shape index (κ3) is 2.84. The van der Waals surface area contributed by atoms with Gasteiger partial charge in [-0.05, 0) is 48.9 Å². The molecule has 5 nitrogen and oxygen atoms in total. The molecule has 2 aliphatic rings. The van der Waals surface area contributed by atoms with Gasteiger partial charge < -0.3 is 10.6 Å². The second kappa shape index (κ2) is 6.50. The lowest BCUT2D eigenvalue weighted by Gasteiger charge is -2.28. The van der Waals surface area contributed by atoms with Crippen LogP contribution in [0, 0.1) is 13.8 Å². The predicted octanol–water partition coefficient (Wildman–Crippen LogP) is 3.96. The standard InChI is InChI=1S/C22H23N5S/c1-13-6-5-7-14(2)18(13)22(23)27-19-20(24-12-25-21(19)28-22)26-17-10-15-8-3-4-9-16(15)11-17/h3-9,12,17,27H,10-11,23H2,1-2H3,(H,24,25,26). The summed E-state index contributed by atoms with van der Waals surface area (Å²) in [5.41, 5.74) is 14.0. The van der Waals surface area contributed by atoms with Crippen molar-refractivity contribution in [2.24, 2.45) is 5.73 Å². The van der Waals surface area contributed by atoms with Crippen molar-refractivity contribution in [3.05, 3.63) is 76.6 Å². The summed E-state index contributed by atoms with van der Waals surface area (Å²) in [7, 11) is 0. The summed E-state index contributed by atoms with van der Waals surface area (Å²) in [6, 6.07) is 15.2. The lowest BCUT2D eigenvalue weighted by Crippen LogP contribution is -2.40. The van der Waals surface area contributed by atoms with Gasteiger partial charge in [0.1, 0.15) is 17.0 Å². The van der Waals surface area contributed by atoms with Gasteiger partial charge in [-0.2, -0.15) is 0 Å². The van der Waals surface area contributed by atoms with E-state index in [-0.39, 0.29) is 0 Å². The quantitative estimate of drug-likeness (QED) is 0.589. The molecule has 142 valence electrons. The van der Waals surface area contributed by atoms with Crippen LogP contribution in [0.4, 0.5) is 11.5 Å². The second-order valence-electron chi connectivity index (χ2n) is 7.65. The summed E-state index contributed by atoms with van der Waals surface area (Å²) in [5.74, 6) is 0.828. The minimum atomic E-state index is -0.747. The van der Waals surface area contributed by atoms with E-state index in [4.69, 9.17) is 5.73 Å². The Morgan fingerprint density at radius 3 is 2.39 bits per heavy atom. The minimum Gasteiger partial charge on any atom is -0.365 e. The normalized spacial score (nSPS) is 20.5. The molecule has 1 aliphatic heterocycles. The zero-order valence-corrected chi connectivity index (χ0v) is 16.8. The number of hydrogen-bond acceptors (Lipinski definition) is 6. The summed E-state index contributed by atoms with van der Waals surface area (Å²) < 4.78 is 0. The smallest absolute Gasteiger partial charge is 0.167 e. The fourth-order valence-electron chi connectivity index (χ4n) is 4.40. The first-order valence-corrected chi connectivity index (χ1v) is 10.4. The summed E-state index contributed by atoms with van der Waals surface area (Å²) in [6.07, 6.45) is 3.63. The van der Waals surface area contributed by atoms with Crippen LogP contribution in [-0.4, -0.2) is 16.0 Å². The van der Waals surface area contributed by atoms with Crippen molar-refractivity contribution < 1.29 is 0 Å². The van der Waals surface area contributed by atoms with Crippen molar-refractivity contribution in [3.63, 3.8) is 0 Å². The van der Waals surface area contributed by atoms with Crippen LogP contribution in [-0.2, 0) is 17.8 Å². The van der Waals surface area contributed by atoms with Gasteiger partial charge in [0.2, 0.25) is 0 Å². The van der Waals surface area contributed by atoms with E-state index in [9.17, 15) is 0 Å². The molecule has 3 aromatic rings. The van der Waals surface area contributed by atoms with Gasteiger partial charge in [-0.25, -0.2) is 9.97 Å². The first kappa shape index (κ1) is 17.5. The molecule has 0 radical (unpaired) electrons. The van der Waals surface area contributed by atoms with Crippen LogP contribution in [0.15, 0.2) is 53.8 Å². The molecular weight excluding hydrogens is 366 g/mol. The highest BCUT2D eigenvalue weighted by Gasteiger charge is 2.40. The van der Waals surface area contributed by atoms with Crippen LogP contribution in [0.1, 0.15) is 27.8 Å². The fourth-order valence-corrected chi connectivity index (χ4v) is 5.63. The highest BCUT2D eigenvalue weighted by atomic mass is 32.2. The van der Waals surface area contributed by atoms with Gasteiger partial charge in [0.25, 0.3) is 0 Å². The summed E-state index contributed by atoms with van der Waals surface area (Å²) in [4.78, 5) is 8.26. The van der Waals surface area contributed by atoms with E-state index in [1.54, 1.807) is 18.1 Å². The van der Waals surface area contributed by atoms with Crippen molar-refractivity contribution in [2.45, 2.75) is 42.8 Å². The van der Waals surface area contributed by atoms with Gasteiger partial charge in [-0.3, -0.25) is 5.73 Å². The third-order valence-electron chi connectivity index (χ3n) is 5.63. The Bertz CT molecular complexity index is 1020. The molecule has 2 heterocycles. The SMILES string of the molecule is Cc1cccc(C)c1C1(N)Nc2c(NC3Cc4ccccc4C3)ncnc2S1. The number of anilines is 2. The summed E-state index contributed by atoms with van der Waals surface area (Å²) in [5, 5.41) is 8.04. The molecule has 4 N–H and O–H groups in total. The molecule has 0 saturated heterocycles. The number of hydrogen-bond donors (Lipinski definition) is 3.